The highest BCUT2D eigenvalue weighted by atomic mass is 28.4. The van der Waals surface area contributed by atoms with Gasteiger partial charge in [-0.25, -0.2) is 0 Å². The zero-order valence-corrected chi connectivity index (χ0v) is 16.9. The van der Waals surface area contributed by atoms with Gasteiger partial charge >= 0.3 is 0 Å². The van der Waals surface area contributed by atoms with Crippen molar-refractivity contribution in [2.75, 3.05) is 33.5 Å². The molecule has 1 atom stereocenters. The first-order valence-corrected chi connectivity index (χ1v) is 12.5. The quantitative estimate of drug-likeness (QED) is 0.313. The Hall–Kier alpha value is 0.0569. The molecule has 0 aromatic carbocycles. The fraction of sp³-hybridized carbons (Fsp3) is 1.00. The molecule has 5 heteroatoms. The minimum atomic E-state index is -1.35. The van der Waals surface area contributed by atoms with E-state index in [9.17, 15) is 5.11 Å². The molecule has 0 aliphatic rings. The molecule has 0 aliphatic heterocycles. The van der Waals surface area contributed by atoms with E-state index in [0.29, 0.717) is 19.8 Å². The van der Waals surface area contributed by atoms with Gasteiger partial charge in [-0.3, -0.25) is 0 Å². The number of unbranched alkanes of at least 4 members (excludes halogenated alkanes) is 5. The summed E-state index contributed by atoms with van der Waals surface area (Å²) in [6.07, 6.45) is 9.04. The number of ether oxygens (including phenoxy) is 2. The van der Waals surface area contributed by atoms with E-state index in [0.717, 1.165) is 25.9 Å². The highest BCUT2D eigenvalue weighted by Gasteiger charge is 2.19. The molecule has 0 saturated heterocycles. The smallest absolute Gasteiger partial charge is 0.186 e. The zero-order valence-electron chi connectivity index (χ0n) is 15.9. The van der Waals surface area contributed by atoms with E-state index in [4.69, 9.17) is 13.9 Å². The summed E-state index contributed by atoms with van der Waals surface area (Å²) in [7, 11) is 0.499. The van der Waals surface area contributed by atoms with Crippen LogP contribution in [0.5, 0.6) is 0 Å². The normalized spacial score (nSPS) is 13.4. The van der Waals surface area contributed by atoms with Gasteiger partial charge in [-0.05, 0) is 32.0 Å². The van der Waals surface area contributed by atoms with Crippen LogP contribution in [-0.4, -0.2) is 53.1 Å². The standard InChI is InChI=1S/C18H40O4Si/c1-5-13-21-14-15-22-17-18(19)12-10-8-6-7-9-11-16-23(3,4)20-2/h18-19H,5-17H2,1-4H3. The van der Waals surface area contributed by atoms with Crippen LogP contribution < -0.4 is 0 Å². The molecule has 0 aliphatic carbocycles. The molecule has 23 heavy (non-hydrogen) atoms. The Morgan fingerprint density at radius 1 is 0.870 bits per heavy atom. The molecule has 1 N–H and O–H groups in total. The van der Waals surface area contributed by atoms with Crippen molar-refractivity contribution in [1.29, 1.82) is 0 Å². The number of aliphatic hydroxyl groups is 1. The predicted molar refractivity (Wildman–Crippen MR) is 99.6 cm³/mol. The highest BCUT2D eigenvalue weighted by molar-refractivity contribution is 6.71. The average molecular weight is 349 g/mol. The van der Waals surface area contributed by atoms with Crippen LogP contribution in [0.3, 0.4) is 0 Å². The third kappa shape index (κ3) is 16.7. The van der Waals surface area contributed by atoms with Crippen molar-refractivity contribution in [3.63, 3.8) is 0 Å². The van der Waals surface area contributed by atoms with Gasteiger partial charge in [-0.1, -0.05) is 45.4 Å². The van der Waals surface area contributed by atoms with E-state index in [-0.39, 0.29) is 6.10 Å². The second kappa shape index (κ2) is 15.6. The molecule has 0 amide bonds. The van der Waals surface area contributed by atoms with E-state index in [1.807, 2.05) is 7.11 Å². The van der Waals surface area contributed by atoms with Crippen LogP contribution in [0.15, 0.2) is 0 Å². The van der Waals surface area contributed by atoms with Gasteiger partial charge in [0, 0.05) is 13.7 Å². The lowest BCUT2D eigenvalue weighted by atomic mass is 10.1. The topological polar surface area (TPSA) is 47.9 Å². The number of aliphatic hydroxyl groups excluding tert-OH is 1. The van der Waals surface area contributed by atoms with Gasteiger partial charge in [-0.15, -0.1) is 0 Å². The van der Waals surface area contributed by atoms with E-state index in [1.165, 1.54) is 38.1 Å². The second-order valence-corrected chi connectivity index (χ2v) is 11.4. The summed E-state index contributed by atoms with van der Waals surface area (Å²) < 4.78 is 16.3. The Balaban J connectivity index is 3.25. The Morgan fingerprint density at radius 3 is 2.13 bits per heavy atom. The molecular weight excluding hydrogens is 308 g/mol. The average Bonchev–Trinajstić information content (AvgIpc) is 2.53. The Kier molecular flexibility index (Phi) is 15.6. The second-order valence-electron chi connectivity index (χ2n) is 6.96. The summed E-state index contributed by atoms with van der Waals surface area (Å²) in [4.78, 5) is 0. The third-order valence-electron chi connectivity index (χ3n) is 4.15. The van der Waals surface area contributed by atoms with Crippen LogP contribution >= 0.6 is 0 Å². The molecule has 0 fully saturated rings. The first kappa shape index (κ1) is 23.1. The van der Waals surface area contributed by atoms with Crippen LogP contribution in [0.2, 0.25) is 19.1 Å². The summed E-state index contributed by atoms with van der Waals surface area (Å²) >= 11 is 0. The molecule has 0 radical (unpaired) electrons. The van der Waals surface area contributed by atoms with E-state index in [2.05, 4.69) is 20.0 Å². The lowest BCUT2D eigenvalue weighted by Gasteiger charge is -2.19. The predicted octanol–water partition coefficient (Wildman–Crippen LogP) is 4.37. The highest BCUT2D eigenvalue weighted by Crippen LogP contribution is 2.16. The van der Waals surface area contributed by atoms with Crippen LogP contribution in [0, 0.1) is 0 Å². The fourth-order valence-corrected chi connectivity index (χ4v) is 3.71. The number of hydrogen-bond acceptors (Lipinski definition) is 4. The van der Waals surface area contributed by atoms with Crippen molar-refractivity contribution in [2.24, 2.45) is 0 Å². The first-order chi connectivity index (χ1) is 11.0. The largest absolute Gasteiger partial charge is 0.420 e. The molecule has 140 valence electrons. The monoisotopic (exact) mass is 348 g/mol. The molecule has 0 aromatic heterocycles. The van der Waals surface area contributed by atoms with Crippen molar-refractivity contribution >= 4 is 8.32 Å². The molecule has 0 spiro atoms. The van der Waals surface area contributed by atoms with Crippen LogP contribution in [0.4, 0.5) is 0 Å². The molecule has 0 saturated carbocycles. The summed E-state index contributed by atoms with van der Waals surface area (Å²) in [5, 5.41) is 9.83. The summed E-state index contributed by atoms with van der Waals surface area (Å²) in [5.41, 5.74) is 0. The molecule has 0 bridgehead atoms. The first-order valence-electron chi connectivity index (χ1n) is 9.40. The van der Waals surface area contributed by atoms with Gasteiger partial charge in [0.05, 0.1) is 25.9 Å². The van der Waals surface area contributed by atoms with Gasteiger partial charge in [0.25, 0.3) is 0 Å². The van der Waals surface area contributed by atoms with Gasteiger partial charge in [0.2, 0.25) is 0 Å². The molecular formula is C18H40O4Si. The Bertz CT molecular complexity index is 249. The summed E-state index contributed by atoms with van der Waals surface area (Å²) in [5.74, 6) is 0. The molecule has 0 rings (SSSR count). The third-order valence-corrected chi connectivity index (χ3v) is 6.81. The van der Waals surface area contributed by atoms with Crippen LogP contribution in [0.25, 0.3) is 0 Å². The maximum Gasteiger partial charge on any atom is 0.186 e. The van der Waals surface area contributed by atoms with Crippen LogP contribution in [-0.2, 0) is 13.9 Å². The fourth-order valence-electron chi connectivity index (χ4n) is 2.41. The number of hydrogen-bond donors (Lipinski definition) is 1. The van der Waals surface area contributed by atoms with E-state index in [1.54, 1.807) is 0 Å². The molecule has 0 heterocycles. The van der Waals surface area contributed by atoms with E-state index < -0.39 is 8.32 Å². The minimum absolute atomic E-state index is 0.324. The maximum absolute atomic E-state index is 9.83. The van der Waals surface area contributed by atoms with Gasteiger partial charge in [-0.2, -0.15) is 0 Å². The lowest BCUT2D eigenvalue weighted by Crippen LogP contribution is -2.27. The van der Waals surface area contributed by atoms with Gasteiger partial charge in [0.15, 0.2) is 8.32 Å². The maximum atomic E-state index is 9.83. The van der Waals surface area contributed by atoms with Crippen molar-refractivity contribution in [1.82, 2.24) is 0 Å². The van der Waals surface area contributed by atoms with Crippen molar-refractivity contribution < 1.29 is 19.0 Å². The van der Waals surface area contributed by atoms with Gasteiger partial charge < -0.3 is 19.0 Å². The van der Waals surface area contributed by atoms with Crippen molar-refractivity contribution in [3.8, 4) is 0 Å². The van der Waals surface area contributed by atoms with Gasteiger partial charge in [0.1, 0.15) is 0 Å². The lowest BCUT2D eigenvalue weighted by molar-refractivity contribution is 0.000849. The minimum Gasteiger partial charge on any atom is -0.420 e. The summed E-state index contributed by atoms with van der Waals surface area (Å²) in [6, 6.07) is 1.27. The van der Waals surface area contributed by atoms with Crippen LogP contribution in [0.1, 0.15) is 58.3 Å². The Morgan fingerprint density at radius 2 is 1.48 bits per heavy atom. The SMILES string of the molecule is CCCOCCOCC(O)CCCCCCCC[Si](C)(C)OC. The molecule has 0 aromatic rings. The van der Waals surface area contributed by atoms with Crippen molar-refractivity contribution in [2.45, 2.75) is 83.5 Å². The summed E-state index contributed by atoms with van der Waals surface area (Å²) in [6.45, 7) is 9.09. The molecule has 1 unspecified atom stereocenters. The van der Waals surface area contributed by atoms with E-state index >= 15 is 0 Å². The zero-order chi connectivity index (χ0) is 17.4. The van der Waals surface area contributed by atoms with Crippen molar-refractivity contribution in [3.05, 3.63) is 0 Å². The number of rotatable bonds is 17. The molecule has 4 nitrogen and oxygen atoms in total. The Labute approximate surface area is 145 Å².